The molecule has 5 atom stereocenters. The van der Waals surface area contributed by atoms with Crippen molar-refractivity contribution in [2.75, 3.05) is 0 Å². The molecular weight excluding hydrogens is 745 g/mol. The lowest BCUT2D eigenvalue weighted by molar-refractivity contribution is 0.495. The first-order valence-corrected chi connectivity index (χ1v) is 22.7. The minimum absolute atomic E-state index is 0.0675. The van der Waals surface area contributed by atoms with E-state index < -0.39 is 0 Å². The second kappa shape index (κ2) is 15.9. The lowest BCUT2D eigenvalue weighted by atomic mass is 9.74. The van der Waals surface area contributed by atoms with Gasteiger partial charge in [-0.1, -0.05) is 213 Å². The third-order valence-electron chi connectivity index (χ3n) is 14.5. The molecule has 0 N–H and O–H groups in total. The predicted octanol–water partition coefficient (Wildman–Crippen LogP) is 15.5. The molecule has 0 radical (unpaired) electrons. The van der Waals surface area contributed by atoms with Gasteiger partial charge in [0, 0.05) is 11.8 Å². The van der Waals surface area contributed by atoms with Crippen molar-refractivity contribution in [2.45, 2.75) is 56.3 Å². The van der Waals surface area contributed by atoms with Gasteiger partial charge >= 0.3 is 0 Å². The Morgan fingerprint density at radius 1 is 0.532 bits per heavy atom. The number of allylic oxidation sites excluding steroid dienone is 4. The van der Waals surface area contributed by atoms with Crippen LogP contribution < -0.4 is 0 Å². The quantitative estimate of drug-likeness (QED) is 0.121. The van der Waals surface area contributed by atoms with Gasteiger partial charge in [0.25, 0.3) is 0 Å². The molecule has 8 aromatic carbocycles. The second-order valence-corrected chi connectivity index (χ2v) is 17.8. The van der Waals surface area contributed by atoms with E-state index in [1.165, 1.54) is 89.0 Å². The summed E-state index contributed by atoms with van der Waals surface area (Å²) in [4.78, 5) is 0. The normalized spacial score (nSPS) is 19.2. The molecule has 11 rings (SSSR count). The molecule has 0 heterocycles. The van der Waals surface area contributed by atoms with Crippen LogP contribution >= 0.6 is 0 Å². The molecule has 0 heteroatoms. The number of benzene rings is 8. The number of hydrogen-bond acceptors (Lipinski definition) is 0. The van der Waals surface area contributed by atoms with Crippen molar-refractivity contribution in [3.05, 3.63) is 285 Å². The van der Waals surface area contributed by atoms with Gasteiger partial charge in [0.2, 0.25) is 0 Å². The Kier molecular flexibility index (Phi) is 9.81. The predicted molar refractivity (Wildman–Crippen MR) is 259 cm³/mol. The van der Waals surface area contributed by atoms with E-state index in [1.54, 1.807) is 0 Å². The van der Waals surface area contributed by atoms with Crippen LogP contribution in [0.2, 0.25) is 0 Å². The summed E-state index contributed by atoms with van der Waals surface area (Å²) in [6.07, 6.45) is 12.4. The molecule has 5 unspecified atom stereocenters. The fourth-order valence-corrected chi connectivity index (χ4v) is 11.4. The average Bonchev–Trinajstić information content (AvgIpc) is 4.02. The molecule has 0 nitrogen and oxygen atoms in total. The molecular formula is C62H52. The van der Waals surface area contributed by atoms with Gasteiger partial charge < -0.3 is 0 Å². The van der Waals surface area contributed by atoms with Crippen molar-refractivity contribution < 1.29 is 0 Å². The lowest BCUT2D eigenvalue weighted by Gasteiger charge is -2.30. The van der Waals surface area contributed by atoms with E-state index in [0.29, 0.717) is 17.8 Å². The van der Waals surface area contributed by atoms with Crippen molar-refractivity contribution in [1.82, 2.24) is 0 Å². The molecule has 0 amide bonds. The summed E-state index contributed by atoms with van der Waals surface area (Å²) in [6.45, 7) is 4.63. The molecule has 0 aromatic heterocycles. The van der Waals surface area contributed by atoms with Crippen LogP contribution in [0.4, 0.5) is 0 Å². The summed E-state index contributed by atoms with van der Waals surface area (Å²) in [7, 11) is 0. The van der Waals surface area contributed by atoms with E-state index in [-0.39, 0.29) is 11.3 Å². The van der Waals surface area contributed by atoms with Crippen LogP contribution in [0.5, 0.6) is 0 Å². The van der Waals surface area contributed by atoms with Crippen LogP contribution in [0.1, 0.15) is 104 Å². The smallest absolute Gasteiger partial charge is 0.0708 e. The molecule has 0 saturated carbocycles. The highest BCUT2D eigenvalue weighted by atomic mass is 14.5. The van der Waals surface area contributed by atoms with Crippen molar-refractivity contribution >= 4 is 0 Å². The van der Waals surface area contributed by atoms with Crippen molar-refractivity contribution in [3.8, 4) is 22.3 Å². The molecule has 0 saturated heterocycles. The van der Waals surface area contributed by atoms with Gasteiger partial charge in [-0.05, 0) is 139 Å². The lowest BCUT2D eigenvalue weighted by Crippen LogP contribution is -2.16. The molecule has 0 fully saturated rings. The topological polar surface area (TPSA) is 0 Å². The van der Waals surface area contributed by atoms with Crippen LogP contribution in [-0.2, 0) is 11.8 Å². The maximum Gasteiger partial charge on any atom is 0.0708 e. The van der Waals surface area contributed by atoms with Crippen LogP contribution in [-0.4, -0.2) is 0 Å². The van der Waals surface area contributed by atoms with Crippen LogP contribution in [0.3, 0.4) is 0 Å². The van der Waals surface area contributed by atoms with Crippen LogP contribution in [0.15, 0.2) is 218 Å². The van der Waals surface area contributed by atoms with E-state index in [2.05, 4.69) is 232 Å². The Labute approximate surface area is 368 Å². The van der Waals surface area contributed by atoms with E-state index in [4.69, 9.17) is 0 Å². The molecule has 8 aromatic rings. The first-order valence-electron chi connectivity index (χ1n) is 22.7. The highest BCUT2D eigenvalue weighted by molar-refractivity contribution is 5.81. The summed E-state index contributed by atoms with van der Waals surface area (Å²) in [5.74, 6) is 1.31. The van der Waals surface area contributed by atoms with E-state index in [1.807, 2.05) is 0 Å². The summed E-state index contributed by atoms with van der Waals surface area (Å²) >= 11 is 0. The Morgan fingerprint density at radius 3 is 1.98 bits per heavy atom. The standard InChI is InChI=1S/C62H52/c1-3-51(43-21-8-4-9-22-43)54-36-34-50(41-58(54)52-30-18-16-20-42(52)2)62(49-28-14-7-15-29-49)59-37-33-48(40-60(59)62)61(45-25-12-6-13-26-45)47-32-35-55-56(44-23-10-5-11-24-44)38-46-27-17-19-31-53(46)57(55)39-47/h4-21,23-37,39-41,43,51,56,61H,3,22,38H2,1-2H3. The van der Waals surface area contributed by atoms with Gasteiger partial charge in [-0.2, -0.15) is 0 Å². The number of hydrogen-bond donors (Lipinski definition) is 0. The zero-order valence-electron chi connectivity index (χ0n) is 35.7. The number of aryl methyl sites for hydroxylation is 1. The average molecular weight is 797 g/mol. The van der Waals surface area contributed by atoms with Gasteiger partial charge in [-0.3, -0.25) is 0 Å². The third-order valence-corrected chi connectivity index (χ3v) is 14.5. The fourth-order valence-electron chi connectivity index (χ4n) is 11.4. The Hall–Kier alpha value is -6.76. The van der Waals surface area contributed by atoms with Crippen molar-refractivity contribution in [2.24, 2.45) is 5.92 Å². The summed E-state index contributed by atoms with van der Waals surface area (Å²) in [5.41, 5.74) is 21.5. The Balaban J connectivity index is 1.07. The largest absolute Gasteiger partial charge is 0.0839 e. The number of fused-ring (bicyclic) bond motifs is 4. The molecule has 0 aliphatic heterocycles. The minimum Gasteiger partial charge on any atom is -0.0839 e. The Morgan fingerprint density at radius 2 is 1.23 bits per heavy atom. The summed E-state index contributed by atoms with van der Waals surface area (Å²) in [5, 5.41) is 0. The second-order valence-electron chi connectivity index (χ2n) is 17.8. The molecule has 0 spiro atoms. The first-order chi connectivity index (χ1) is 30.6. The van der Waals surface area contributed by atoms with E-state index in [9.17, 15) is 0 Å². The molecule has 300 valence electrons. The van der Waals surface area contributed by atoms with E-state index >= 15 is 0 Å². The van der Waals surface area contributed by atoms with Gasteiger partial charge in [0.1, 0.15) is 0 Å². The third kappa shape index (κ3) is 6.44. The first kappa shape index (κ1) is 38.2. The molecule has 62 heavy (non-hydrogen) atoms. The zero-order chi connectivity index (χ0) is 41.6. The Bertz CT molecular complexity index is 2970. The highest BCUT2D eigenvalue weighted by Crippen LogP contribution is 2.61. The van der Waals surface area contributed by atoms with E-state index in [0.717, 1.165) is 19.3 Å². The zero-order valence-corrected chi connectivity index (χ0v) is 35.7. The van der Waals surface area contributed by atoms with Crippen molar-refractivity contribution in [3.63, 3.8) is 0 Å². The van der Waals surface area contributed by atoms with Crippen LogP contribution in [0, 0.1) is 12.8 Å². The summed E-state index contributed by atoms with van der Waals surface area (Å²) in [6, 6.07) is 73.9. The van der Waals surface area contributed by atoms with Crippen molar-refractivity contribution in [1.29, 1.82) is 0 Å². The van der Waals surface area contributed by atoms with Gasteiger partial charge in [0.05, 0.1) is 5.41 Å². The maximum absolute atomic E-state index is 2.56. The van der Waals surface area contributed by atoms with Gasteiger partial charge in [-0.25, -0.2) is 0 Å². The van der Waals surface area contributed by atoms with Gasteiger partial charge in [0.15, 0.2) is 0 Å². The SMILES string of the molecule is CCC(c1ccc(C2(c3ccccc3)c3ccc(C(c4ccccc4)c4ccc5c(c4)-c4ccccc4CC5c4ccccc4)cc32)cc1-c1ccccc1C)C1C=CC=CC1. The highest BCUT2D eigenvalue weighted by Gasteiger charge is 2.53. The molecule has 3 aliphatic rings. The fraction of sp³-hybridized carbons (Fsp3) is 0.161. The molecule has 3 aliphatic carbocycles. The molecule has 0 bridgehead atoms. The maximum atomic E-state index is 2.56. The van der Waals surface area contributed by atoms with Gasteiger partial charge in [-0.15, -0.1) is 0 Å². The monoisotopic (exact) mass is 796 g/mol. The summed E-state index contributed by atoms with van der Waals surface area (Å²) < 4.78 is 0. The van der Waals surface area contributed by atoms with Crippen LogP contribution in [0.25, 0.3) is 22.3 Å². The number of rotatable bonds is 10. The minimum atomic E-state index is -0.330.